The van der Waals surface area contributed by atoms with Crippen molar-refractivity contribution in [3.63, 3.8) is 0 Å². The molecule has 3 aliphatic rings. The van der Waals surface area contributed by atoms with Gasteiger partial charge in [-0.05, 0) is 62.8 Å². The van der Waals surface area contributed by atoms with Gasteiger partial charge >= 0.3 is 0 Å². The van der Waals surface area contributed by atoms with Crippen LogP contribution in [0.25, 0.3) is 0 Å². The van der Waals surface area contributed by atoms with Crippen LogP contribution >= 0.6 is 0 Å². The van der Waals surface area contributed by atoms with Crippen molar-refractivity contribution in [3.05, 3.63) is 34.9 Å². The standard InChI is InChI=1S/C22H28N4O4/c1-25(11-13-2-5-15(23)6-3-13)12-14-4-7-16-17(10-14)22(30)26(21(16)29)18-8-9-19(27)24-20(18)28/h4,7,10,13,15,18H,2-3,5-6,8-9,11-12,23H2,1H3,(H,24,27,28). The number of nitrogens with zero attached hydrogens (tertiary/aromatic N) is 2. The van der Waals surface area contributed by atoms with Crippen LogP contribution < -0.4 is 11.1 Å². The van der Waals surface area contributed by atoms with E-state index in [1.165, 1.54) is 0 Å². The van der Waals surface area contributed by atoms with E-state index in [1.54, 1.807) is 12.1 Å². The van der Waals surface area contributed by atoms with Gasteiger partial charge in [-0.3, -0.25) is 29.4 Å². The molecule has 1 saturated heterocycles. The maximum atomic E-state index is 12.9. The van der Waals surface area contributed by atoms with Gasteiger partial charge in [-0.1, -0.05) is 6.07 Å². The lowest BCUT2D eigenvalue weighted by Gasteiger charge is -2.29. The van der Waals surface area contributed by atoms with Gasteiger partial charge in [-0.2, -0.15) is 0 Å². The average Bonchev–Trinajstić information content (AvgIpc) is 2.94. The highest BCUT2D eigenvalue weighted by molar-refractivity contribution is 6.23. The van der Waals surface area contributed by atoms with Crippen LogP contribution in [0, 0.1) is 5.92 Å². The van der Waals surface area contributed by atoms with Gasteiger partial charge in [0.1, 0.15) is 6.04 Å². The number of hydrogen-bond acceptors (Lipinski definition) is 6. The molecule has 3 N–H and O–H groups in total. The molecule has 1 atom stereocenters. The Hall–Kier alpha value is -2.58. The normalized spacial score (nSPS) is 26.9. The molecule has 2 heterocycles. The summed E-state index contributed by atoms with van der Waals surface area (Å²) in [7, 11) is 2.06. The summed E-state index contributed by atoms with van der Waals surface area (Å²) < 4.78 is 0. The van der Waals surface area contributed by atoms with Crippen LogP contribution in [0.15, 0.2) is 18.2 Å². The molecule has 4 amide bonds. The Kier molecular flexibility index (Phi) is 5.71. The number of imide groups is 2. The van der Waals surface area contributed by atoms with Crippen molar-refractivity contribution in [3.8, 4) is 0 Å². The first-order chi connectivity index (χ1) is 14.3. The molecule has 2 aliphatic heterocycles. The zero-order chi connectivity index (χ0) is 21.4. The van der Waals surface area contributed by atoms with E-state index in [-0.39, 0.29) is 18.7 Å². The highest BCUT2D eigenvalue weighted by Gasteiger charge is 2.44. The van der Waals surface area contributed by atoms with Crippen molar-refractivity contribution in [1.29, 1.82) is 0 Å². The quantitative estimate of drug-likeness (QED) is 0.699. The summed E-state index contributed by atoms with van der Waals surface area (Å²) in [5, 5.41) is 2.21. The molecule has 30 heavy (non-hydrogen) atoms. The summed E-state index contributed by atoms with van der Waals surface area (Å²) in [4.78, 5) is 52.5. The van der Waals surface area contributed by atoms with Gasteiger partial charge in [0.15, 0.2) is 0 Å². The monoisotopic (exact) mass is 412 g/mol. The molecule has 1 saturated carbocycles. The molecule has 1 aliphatic carbocycles. The molecular weight excluding hydrogens is 384 g/mol. The number of hydrogen-bond donors (Lipinski definition) is 2. The highest BCUT2D eigenvalue weighted by Crippen LogP contribution is 2.29. The second-order valence-electron chi connectivity index (χ2n) is 8.80. The van der Waals surface area contributed by atoms with Crippen LogP contribution in [0.1, 0.15) is 64.8 Å². The van der Waals surface area contributed by atoms with E-state index in [2.05, 4.69) is 17.3 Å². The van der Waals surface area contributed by atoms with Crippen LogP contribution in [-0.2, 0) is 16.1 Å². The topological polar surface area (TPSA) is 113 Å². The fraction of sp³-hybridized carbons (Fsp3) is 0.545. The second kappa shape index (κ2) is 8.28. The Morgan fingerprint density at radius 1 is 1.03 bits per heavy atom. The lowest BCUT2D eigenvalue weighted by atomic mass is 9.86. The summed E-state index contributed by atoms with van der Waals surface area (Å²) >= 11 is 0. The summed E-state index contributed by atoms with van der Waals surface area (Å²) in [5.41, 5.74) is 7.59. The van der Waals surface area contributed by atoms with Crippen molar-refractivity contribution in [2.45, 2.75) is 57.2 Å². The number of nitrogens with one attached hydrogen (secondary N) is 1. The molecule has 0 aromatic heterocycles. The second-order valence-corrected chi connectivity index (χ2v) is 8.80. The van der Waals surface area contributed by atoms with Gasteiger partial charge in [0.05, 0.1) is 11.1 Å². The van der Waals surface area contributed by atoms with Gasteiger partial charge in [0.2, 0.25) is 11.8 Å². The minimum atomic E-state index is -0.932. The molecule has 8 heteroatoms. The Labute approximate surface area is 175 Å². The Morgan fingerprint density at radius 2 is 1.73 bits per heavy atom. The number of amides is 4. The molecule has 160 valence electrons. The number of fused-ring (bicyclic) bond motifs is 1. The van der Waals surface area contributed by atoms with E-state index in [9.17, 15) is 19.2 Å². The van der Waals surface area contributed by atoms with Crippen molar-refractivity contribution < 1.29 is 19.2 Å². The molecule has 0 spiro atoms. The van der Waals surface area contributed by atoms with Crippen LogP contribution in [0.4, 0.5) is 0 Å². The minimum Gasteiger partial charge on any atom is -0.328 e. The van der Waals surface area contributed by atoms with Crippen molar-refractivity contribution in [1.82, 2.24) is 15.1 Å². The van der Waals surface area contributed by atoms with E-state index in [0.29, 0.717) is 29.6 Å². The third-order valence-electron chi connectivity index (χ3n) is 6.42. The predicted molar refractivity (Wildman–Crippen MR) is 109 cm³/mol. The molecule has 0 radical (unpaired) electrons. The van der Waals surface area contributed by atoms with Crippen molar-refractivity contribution in [2.75, 3.05) is 13.6 Å². The highest BCUT2D eigenvalue weighted by atomic mass is 16.2. The first-order valence-electron chi connectivity index (χ1n) is 10.6. The third-order valence-corrected chi connectivity index (χ3v) is 6.42. The van der Waals surface area contributed by atoms with E-state index in [4.69, 9.17) is 5.73 Å². The maximum Gasteiger partial charge on any atom is 0.262 e. The first-order valence-corrected chi connectivity index (χ1v) is 10.6. The molecule has 1 aromatic rings. The minimum absolute atomic E-state index is 0.117. The number of carbonyl (C=O) groups is 4. The van der Waals surface area contributed by atoms with Gasteiger partial charge < -0.3 is 10.6 Å². The van der Waals surface area contributed by atoms with E-state index in [0.717, 1.165) is 42.7 Å². The Bertz CT molecular complexity index is 891. The van der Waals surface area contributed by atoms with E-state index >= 15 is 0 Å². The lowest BCUT2D eigenvalue weighted by molar-refractivity contribution is -0.136. The van der Waals surface area contributed by atoms with Gasteiger partial charge in [-0.15, -0.1) is 0 Å². The van der Waals surface area contributed by atoms with Gasteiger partial charge in [-0.25, -0.2) is 0 Å². The lowest BCUT2D eigenvalue weighted by Crippen LogP contribution is -2.54. The van der Waals surface area contributed by atoms with Gasteiger partial charge in [0.25, 0.3) is 11.8 Å². The van der Waals surface area contributed by atoms with Crippen LogP contribution in [0.2, 0.25) is 0 Å². The fourth-order valence-corrected chi connectivity index (χ4v) is 4.80. The molecule has 8 nitrogen and oxygen atoms in total. The fourth-order valence-electron chi connectivity index (χ4n) is 4.80. The SMILES string of the molecule is CN(Cc1ccc2c(c1)C(=O)N(C1CCC(=O)NC1=O)C2=O)CC1CCC(N)CC1. The number of rotatable bonds is 5. The smallest absolute Gasteiger partial charge is 0.262 e. The zero-order valence-electron chi connectivity index (χ0n) is 17.2. The maximum absolute atomic E-state index is 12.9. The largest absolute Gasteiger partial charge is 0.328 e. The molecule has 1 aromatic carbocycles. The number of benzene rings is 1. The molecule has 4 rings (SSSR count). The Morgan fingerprint density at radius 3 is 2.43 bits per heavy atom. The van der Waals surface area contributed by atoms with Crippen molar-refractivity contribution >= 4 is 23.6 Å². The third kappa shape index (κ3) is 4.02. The molecule has 1 unspecified atom stereocenters. The number of piperidine rings is 1. The summed E-state index contributed by atoms with van der Waals surface area (Å²) in [6.45, 7) is 1.65. The van der Waals surface area contributed by atoms with E-state index in [1.807, 2.05) is 6.07 Å². The molecule has 2 fully saturated rings. The van der Waals surface area contributed by atoms with Crippen LogP contribution in [0.3, 0.4) is 0 Å². The van der Waals surface area contributed by atoms with E-state index < -0.39 is 23.8 Å². The molecule has 0 bridgehead atoms. The summed E-state index contributed by atoms with van der Waals surface area (Å²) in [5.74, 6) is -1.26. The Balaban J connectivity index is 1.44. The zero-order valence-corrected chi connectivity index (χ0v) is 17.2. The van der Waals surface area contributed by atoms with Crippen LogP contribution in [0.5, 0.6) is 0 Å². The number of nitrogens with two attached hydrogens (primary N) is 1. The van der Waals surface area contributed by atoms with Crippen molar-refractivity contribution in [2.24, 2.45) is 11.7 Å². The predicted octanol–water partition coefficient (Wildman–Crippen LogP) is 1.04. The van der Waals surface area contributed by atoms with Crippen LogP contribution in [-0.4, -0.2) is 59.1 Å². The van der Waals surface area contributed by atoms with Gasteiger partial charge in [0, 0.05) is 25.6 Å². The average molecular weight is 412 g/mol. The number of carbonyl (C=O) groups excluding carboxylic acids is 4. The molecular formula is C22H28N4O4. The first kappa shape index (κ1) is 20.7. The summed E-state index contributed by atoms with van der Waals surface area (Å²) in [6.07, 6.45) is 4.71. The summed E-state index contributed by atoms with van der Waals surface area (Å²) in [6, 6.07) is 4.70.